The largest absolute Gasteiger partial charge is 0.462 e. The number of rotatable bonds is 63. The fourth-order valence-corrected chi connectivity index (χ4v) is 9.97. The SMILES string of the molecule is CC/C=C\C/C=C\C/C=C\C/C=C\C/C=C\C/C=C\CCCCCCCCCCCCCCCCC(=O)OCC(COC(=O)CCCCCCCCCCCCC)OC(=O)CCCCCCCCC/C=C\CCCCCCCCC. The Morgan fingerprint density at radius 1 is 0.263 bits per heavy atom. The quantitative estimate of drug-likeness (QED) is 0.0261. The number of ether oxygens (including phenoxy) is 3. The van der Waals surface area contributed by atoms with E-state index < -0.39 is 6.10 Å². The number of carbonyl (C=O) groups excluding carboxylic acids is 3. The maximum absolute atomic E-state index is 12.9. The molecule has 0 aliphatic heterocycles. The highest BCUT2D eigenvalue weighted by Gasteiger charge is 2.19. The molecule has 0 saturated heterocycles. The van der Waals surface area contributed by atoms with Crippen LogP contribution < -0.4 is 0 Å². The first kappa shape index (κ1) is 76.6. The third kappa shape index (κ3) is 65.4. The van der Waals surface area contributed by atoms with Gasteiger partial charge in [-0.25, -0.2) is 0 Å². The van der Waals surface area contributed by atoms with Crippen LogP contribution in [0.15, 0.2) is 85.1 Å². The molecule has 0 aliphatic rings. The minimum Gasteiger partial charge on any atom is -0.462 e. The summed E-state index contributed by atoms with van der Waals surface area (Å²) in [7, 11) is 0. The number of esters is 3. The van der Waals surface area contributed by atoms with Gasteiger partial charge in [-0.2, -0.15) is 0 Å². The van der Waals surface area contributed by atoms with Crippen LogP contribution >= 0.6 is 0 Å². The number of hydrogen-bond acceptors (Lipinski definition) is 6. The van der Waals surface area contributed by atoms with Crippen molar-refractivity contribution >= 4 is 17.9 Å². The molecule has 0 saturated carbocycles. The molecule has 0 aromatic heterocycles. The second kappa shape index (κ2) is 68.1. The van der Waals surface area contributed by atoms with E-state index in [4.69, 9.17) is 14.2 Å². The maximum Gasteiger partial charge on any atom is 0.306 e. The molecule has 0 aromatic rings. The summed E-state index contributed by atoms with van der Waals surface area (Å²) in [5.41, 5.74) is 0. The lowest BCUT2D eigenvalue weighted by molar-refractivity contribution is -0.167. The van der Waals surface area contributed by atoms with E-state index in [2.05, 4.69) is 106 Å². The molecule has 0 aliphatic carbocycles. The predicted molar refractivity (Wildman–Crippen MR) is 348 cm³/mol. The van der Waals surface area contributed by atoms with Gasteiger partial charge in [-0.1, -0.05) is 318 Å². The molecule has 1 atom stereocenters. The first-order valence-corrected chi connectivity index (χ1v) is 34.6. The summed E-state index contributed by atoms with van der Waals surface area (Å²) in [6.07, 6.45) is 90.4. The van der Waals surface area contributed by atoms with Crippen molar-refractivity contribution < 1.29 is 28.6 Å². The van der Waals surface area contributed by atoms with E-state index >= 15 is 0 Å². The average molecular weight is 1120 g/mol. The minimum atomic E-state index is -0.776. The van der Waals surface area contributed by atoms with Crippen LogP contribution in [0.5, 0.6) is 0 Å². The van der Waals surface area contributed by atoms with E-state index in [1.807, 2.05) is 0 Å². The van der Waals surface area contributed by atoms with Gasteiger partial charge in [0.05, 0.1) is 0 Å². The lowest BCUT2D eigenvalue weighted by atomic mass is 10.0. The van der Waals surface area contributed by atoms with E-state index in [1.54, 1.807) is 0 Å². The summed E-state index contributed by atoms with van der Waals surface area (Å²) in [5, 5.41) is 0. The van der Waals surface area contributed by atoms with Crippen LogP contribution in [0.25, 0.3) is 0 Å². The van der Waals surface area contributed by atoms with Crippen molar-refractivity contribution in [1.82, 2.24) is 0 Å². The molecule has 0 fully saturated rings. The Bertz CT molecular complexity index is 1520. The van der Waals surface area contributed by atoms with Crippen LogP contribution in [-0.2, 0) is 28.6 Å². The Morgan fingerprint density at radius 2 is 0.487 bits per heavy atom. The van der Waals surface area contributed by atoms with Crippen molar-refractivity contribution in [3.63, 3.8) is 0 Å². The molecule has 0 aromatic carbocycles. The molecule has 0 spiro atoms. The monoisotopic (exact) mass is 1110 g/mol. The van der Waals surface area contributed by atoms with Gasteiger partial charge in [0.25, 0.3) is 0 Å². The van der Waals surface area contributed by atoms with E-state index in [0.717, 1.165) is 96.3 Å². The Morgan fingerprint density at radius 3 is 0.775 bits per heavy atom. The molecule has 6 heteroatoms. The second-order valence-electron chi connectivity index (χ2n) is 23.1. The number of carbonyl (C=O) groups is 3. The zero-order valence-corrected chi connectivity index (χ0v) is 53.1. The molecule has 0 amide bonds. The van der Waals surface area contributed by atoms with Gasteiger partial charge in [-0.05, 0) is 96.3 Å². The highest BCUT2D eigenvalue weighted by molar-refractivity contribution is 5.71. The Balaban J connectivity index is 4.16. The second-order valence-corrected chi connectivity index (χ2v) is 23.1. The Hall–Kier alpha value is -3.41. The Labute approximate surface area is 496 Å². The molecule has 462 valence electrons. The third-order valence-corrected chi connectivity index (χ3v) is 15.1. The fourth-order valence-electron chi connectivity index (χ4n) is 9.97. The molecule has 0 heterocycles. The number of hydrogen-bond donors (Lipinski definition) is 0. The van der Waals surface area contributed by atoms with E-state index in [-0.39, 0.29) is 31.1 Å². The van der Waals surface area contributed by atoms with Crippen LogP contribution in [-0.4, -0.2) is 37.2 Å². The van der Waals surface area contributed by atoms with Crippen LogP contribution in [0.3, 0.4) is 0 Å². The molecule has 0 bridgehead atoms. The van der Waals surface area contributed by atoms with Crippen LogP contribution in [0, 0.1) is 0 Å². The fraction of sp³-hybridized carbons (Fsp3) is 0.770. The molecule has 0 N–H and O–H groups in total. The highest BCUT2D eigenvalue weighted by Crippen LogP contribution is 2.17. The summed E-state index contributed by atoms with van der Waals surface area (Å²) < 4.78 is 16.9. The highest BCUT2D eigenvalue weighted by atomic mass is 16.6. The smallest absolute Gasteiger partial charge is 0.306 e. The normalized spacial score (nSPS) is 12.6. The van der Waals surface area contributed by atoms with Crippen molar-refractivity contribution in [2.24, 2.45) is 0 Å². The molecule has 1 unspecified atom stereocenters. The zero-order chi connectivity index (χ0) is 57.8. The van der Waals surface area contributed by atoms with Crippen molar-refractivity contribution in [3.05, 3.63) is 85.1 Å². The summed E-state index contributed by atoms with van der Waals surface area (Å²) in [4.78, 5) is 38.3. The van der Waals surface area contributed by atoms with Crippen LogP contribution in [0.1, 0.15) is 348 Å². The van der Waals surface area contributed by atoms with Crippen LogP contribution in [0.4, 0.5) is 0 Å². The van der Waals surface area contributed by atoms with Gasteiger partial charge in [0.1, 0.15) is 13.2 Å². The first-order chi connectivity index (χ1) is 39.5. The van der Waals surface area contributed by atoms with E-state index in [0.29, 0.717) is 19.3 Å². The summed E-state index contributed by atoms with van der Waals surface area (Å²) in [6.45, 7) is 6.55. The summed E-state index contributed by atoms with van der Waals surface area (Å²) >= 11 is 0. The van der Waals surface area contributed by atoms with Crippen molar-refractivity contribution in [2.45, 2.75) is 354 Å². The molecule has 0 rings (SSSR count). The Kier molecular flexibility index (Phi) is 65.2. The van der Waals surface area contributed by atoms with Gasteiger partial charge in [0, 0.05) is 19.3 Å². The van der Waals surface area contributed by atoms with Crippen molar-refractivity contribution in [2.75, 3.05) is 13.2 Å². The van der Waals surface area contributed by atoms with Gasteiger partial charge in [-0.3, -0.25) is 14.4 Å². The van der Waals surface area contributed by atoms with Crippen molar-refractivity contribution in [1.29, 1.82) is 0 Å². The maximum atomic E-state index is 12.9. The lowest BCUT2D eigenvalue weighted by Gasteiger charge is -2.18. The number of allylic oxidation sites excluding steroid dienone is 14. The summed E-state index contributed by atoms with van der Waals surface area (Å²) in [6, 6.07) is 0. The lowest BCUT2D eigenvalue weighted by Crippen LogP contribution is -2.30. The number of unbranched alkanes of at least 4 members (excludes halogenated alkanes) is 38. The van der Waals surface area contributed by atoms with E-state index in [1.165, 1.54) is 212 Å². The van der Waals surface area contributed by atoms with Crippen LogP contribution in [0.2, 0.25) is 0 Å². The zero-order valence-electron chi connectivity index (χ0n) is 53.1. The van der Waals surface area contributed by atoms with Gasteiger partial charge >= 0.3 is 17.9 Å². The van der Waals surface area contributed by atoms with Gasteiger partial charge in [-0.15, -0.1) is 0 Å². The topological polar surface area (TPSA) is 78.9 Å². The first-order valence-electron chi connectivity index (χ1n) is 34.6. The third-order valence-electron chi connectivity index (χ3n) is 15.1. The average Bonchev–Trinajstić information content (AvgIpc) is 3.46. The van der Waals surface area contributed by atoms with Gasteiger partial charge in [0.15, 0.2) is 6.10 Å². The molecule has 0 radical (unpaired) electrons. The van der Waals surface area contributed by atoms with Gasteiger partial charge < -0.3 is 14.2 Å². The molecular weight excluding hydrogens is 985 g/mol. The van der Waals surface area contributed by atoms with Crippen molar-refractivity contribution in [3.8, 4) is 0 Å². The standard InChI is InChI=1S/C74H130O6/c1-4-7-10-13-16-19-22-24-26-28-30-31-32-33-34-35-36-37-38-39-40-41-42-43-44-46-47-49-52-55-58-61-64-67-73(76)79-70-71(69-78-72(75)66-63-60-57-54-51-21-18-15-12-9-6-3)80-74(77)68-65-62-59-56-53-50-48-45-29-27-25-23-20-17-14-11-8-5-2/h7,10,16,19,24,26-27,29-31,33-34,36-37,71H,4-6,8-9,11-15,17-18,20-23,25,28,32,35,38-70H2,1-3H3/b10-7-,19-16-,26-24-,29-27-,31-30-,34-33-,37-36-. The summed E-state index contributed by atoms with van der Waals surface area (Å²) in [5.74, 6) is -0.861. The molecule has 80 heavy (non-hydrogen) atoms. The van der Waals surface area contributed by atoms with Gasteiger partial charge in [0.2, 0.25) is 0 Å². The minimum absolute atomic E-state index is 0.0729. The molecular formula is C74H130O6. The predicted octanol–water partition coefficient (Wildman–Crippen LogP) is 23.8. The van der Waals surface area contributed by atoms with E-state index in [9.17, 15) is 14.4 Å². The molecule has 6 nitrogen and oxygen atoms in total.